The molecule has 114 valence electrons. The van der Waals surface area contributed by atoms with Crippen LogP contribution in [0.1, 0.15) is 26.7 Å². The summed E-state index contributed by atoms with van der Waals surface area (Å²) in [5.74, 6) is 2.00. The van der Waals surface area contributed by atoms with E-state index in [1.165, 1.54) is 0 Å². The number of fused-ring (bicyclic) bond motifs is 1. The summed E-state index contributed by atoms with van der Waals surface area (Å²) in [6, 6.07) is 2.07. The summed E-state index contributed by atoms with van der Waals surface area (Å²) in [5.41, 5.74) is 0. The molecule has 3 rings (SSSR count). The van der Waals surface area contributed by atoms with Crippen LogP contribution in [0.15, 0.2) is 11.4 Å². The van der Waals surface area contributed by atoms with Crippen LogP contribution >= 0.6 is 11.3 Å². The molecule has 2 N–H and O–H groups in total. The summed E-state index contributed by atoms with van der Waals surface area (Å²) < 4.78 is 0. The minimum absolute atomic E-state index is 0.283. The number of piperidine rings is 1. The third-order valence-corrected chi connectivity index (χ3v) is 4.86. The lowest BCUT2D eigenvalue weighted by atomic mass is 9.96. The van der Waals surface area contributed by atoms with Crippen molar-refractivity contribution in [3.8, 4) is 0 Å². The number of aliphatic hydroxyl groups is 1. The van der Waals surface area contributed by atoms with E-state index >= 15 is 0 Å². The molecule has 3 heterocycles. The molecule has 0 radical (unpaired) electrons. The fraction of sp³-hybridized carbons (Fsp3) is 0.600. The van der Waals surface area contributed by atoms with Gasteiger partial charge in [-0.1, -0.05) is 13.8 Å². The molecular formula is C15H22N4OS. The van der Waals surface area contributed by atoms with Gasteiger partial charge in [-0.25, -0.2) is 4.98 Å². The molecule has 2 aromatic rings. The van der Waals surface area contributed by atoms with E-state index in [9.17, 15) is 5.11 Å². The molecule has 2 unspecified atom stereocenters. The van der Waals surface area contributed by atoms with Crippen molar-refractivity contribution < 1.29 is 5.11 Å². The second-order valence-electron chi connectivity index (χ2n) is 5.72. The minimum Gasteiger partial charge on any atom is -0.391 e. The van der Waals surface area contributed by atoms with Crippen LogP contribution in [-0.4, -0.2) is 40.8 Å². The highest BCUT2D eigenvalue weighted by atomic mass is 32.1. The van der Waals surface area contributed by atoms with Gasteiger partial charge < -0.3 is 15.3 Å². The lowest BCUT2D eigenvalue weighted by Crippen LogP contribution is -2.43. The molecule has 0 aliphatic carbocycles. The molecule has 0 spiro atoms. The second kappa shape index (κ2) is 6.15. The molecule has 5 nitrogen and oxygen atoms in total. The molecule has 0 bridgehead atoms. The molecule has 2 atom stereocenters. The summed E-state index contributed by atoms with van der Waals surface area (Å²) in [4.78, 5) is 12.5. The molecule has 1 aliphatic rings. The van der Waals surface area contributed by atoms with E-state index in [-0.39, 0.29) is 6.10 Å². The predicted octanol–water partition coefficient (Wildman–Crippen LogP) is 2.72. The zero-order valence-corrected chi connectivity index (χ0v) is 13.4. The number of hydrogen-bond donors (Lipinski definition) is 2. The van der Waals surface area contributed by atoms with Gasteiger partial charge in [-0.05, 0) is 30.2 Å². The number of β-amino-alcohol motifs (C(OH)–C–C–N with tert-alkyl or cyclic N) is 1. The highest BCUT2D eigenvalue weighted by Crippen LogP contribution is 2.31. The smallest absolute Gasteiger partial charge is 0.226 e. The van der Waals surface area contributed by atoms with Crippen molar-refractivity contribution in [2.75, 3.05) is 29.9 Å². The Kier molecular flexibility index (Phi) is 4.26. The quantitative estimate of drug-likeness (QED) is 0.909. The number of nitrogens with one attached hydrogen (secondary N) is 1. The average Bonchev–Trinajstić information content (AvgIpc) is 2.95. The maximum absolute atomic E-state index is 10.1. The number of rotatable bonds is 4. The van der Waals surface area contributed by atoms with Crippen LogP contribution in [0.2, 0.25) is 0 Å². The molecule has 0 amide bonds. The maximum Gasteiger partial charge on any atom is 0.226 e. The summed E-state index contributed by atoms with van der Waals surface area (Å²) in [6.07, 6.45) is 1.75. The van der Waals surface area contributed by atoms with Crippen LogP contribution in [0, 0.1) is 5.92 Å². The van der Waals surface area contributed by atoms with E-state index in [0.29, 0.717) is 18.4 Å². The minimum atomic E-state index is -0.283. The highest BCUT2D eigenvalue weighted by Gasteiger charge is 2.26. The van der Waals surface area contributed by atoms with Crippen LogP contribution in [0.5, 0.6) is 0 Å². The first-order valence-electron chi connectivity index (χ1n) is 7.61. The fourth-order valence-corrected chi connectivity index (χ4v) is 3.40. The molecule has 1 saturated heterocycles. The van der Waals surface area contributed by atoms with Crippen molar-refractivity contribution in [2.45, 2.75) is 32.8 Å². The van der Waals surface area contributed by atoms with Crippen molar-refractivity contribution in [1.82, 2.24) is 9.97 Å². The highest BCUT2D eigenvalue weighted by molar-refractivity contribution is 7.16. The standard InChI is InChI=1S/C15H22N4OS/c1-3-6-16-15-17-13(11-5-8-21-14(11)18-15)19-7-4-10(2)12(20)9-19/h5,8,10,12,20H,3-4,6-7,9H2,1-2H3,(H,16,17,18). The first-order valence-corrected chi connectivity index (χ1v) is 8.49. The monoisotopic (exact) mass is 306 g/mol. The number of aliphatic hydroxyl groups excluding tert-OH is 1. The summed E-state index contributed by atoms with van der Waals surface area (Å²) >= 11 is 1.63. The maximum atomic E-state index is 10.1. The Labute approximate surface area is 129 Å². The summed E-state index contributed by atoms with van der Waals surface area (Å²) in [7, 11) is 0. The number of thiophene rings is 1. The number of anilines is 2. The van der Waals surface area contributed by atoms with Gasteiger partial charge in [0.1, 0.15) is 10.6 Å². The van der Waals surface area contributed by atoms with Crippen molar-refractivity contribution in [1.29, 1.82) is 0 Å². The van der Waals surface area contributed by atoms with Gasteiger partial charge in [0.2, 0.25) is 5.95 Å². The van der Waals surface area contributed by atoms with Crippen molar-refractivity contribution >= 4 is 33.3 Å². The van der Waals surface area contributed by atoms with E-state index in [1.54, 1.807) is 11.3 Å². The van der Waals surface area contributed by atoms with Gasteiger partial charge in [0.25, 0.3) is 0 Å². The molecule has 2 aromatic heterocycles. The average molecular weight is 306 g/mol. The van der Waals surface area contributed by atoms with Gasteiger partial charge in [-0.3, -0.25) is 0 Å². The number of aromatic nitrogens is 2. The Bertz CT molecular complexity index is 615. The fourth-order valence-electron chi connectivity index (χ4n) is 2.64. The van der Waals surface area contributed by atoms with Gasteiger partial charge in [0, 0.05) is 19.6 Å². The van der Waals surface area contributed by atoms with E-state index in [2.05, 4.69) is 40.5 Å². The Morgan fingerprint density at radius 3 is 3.10 bits per heavy atom. The second-order valence-corrected chi connectivity index (χ2v) is 6.61. The van der Waals surface area contributed by atoms with Gasteiger partial charge in [-0.2, -0.15) is 4.98 Å². The van der Waals surface area contributed by atoms with Crippen molar-refractivity contribution in [3.05, 3.63) is 11.4 Å². The van der Waals surface area contributed by atoms with Crippen molar-refractivity contribution in [3.63, 3.8) is 0 Å². The third kappa shape index (κ3) is 2.96. The normalized spacial score (nSPS) is 22.7. The molecule has 1 aliphatic heterocycles. The Morgan fingerprint density at radius 1 is 1.48 bits per heavy atom. The third-order valence-electron chi connectivity index (χ3n) is 4.06. The zero-order valence-electron chi connectivity index (χ0n) is 12.5. The van der Waals surface area contributed by atoms with Crippen LogP contribution in [0.25, 0.3) is 10.2 Å². The lowest BCUT2D eigenvalue weighted by molar-refractivity contribution is 0.103. The lowest BCUT2D eigenvalue weighted by Gasteiger charge is -2.35. The van der Waals surface area contributed by atoms with Gasteiger partial charge >= 0.3 is 0 Å². The van der Waals surface area contributed by atoms with Crippen molar-refractivity contribution in [2.24, 2.45) is 5.92 Å². The van der Waals surface area contributed by atoms with E-state index in [1.807, 2.05) is 0 Å². The van der Waals surface area contributed by atoms with Gasteiger partial charge in [-0.15, -0.1) is 11.3 Å². The topological polar surface area (TPSA) is 61.3 Å². The van der Waals surface area contributed by atoms with Crippen LogP contribution in [-0.2, 0) is 0 Å². The molecular weight excluding hydrogens is 284 g/mol. The Hall–Kier alpha value is -1.40. The first-order chi connectivity index (χ1) is 10.2. The van der Waals surface area contributed by atoms with Crippen LogP contribution < -0.4 is 10.2 Å². The van der Waals surface area contributed by atoms with E-state index in [0.717, 1.165) is 42.0 Å². The molecule has 6 heteroatoms. The SMILES string of the molecule is CCCNc1nc(N2CCC(C)C(O)C2)c2ccsc2n1. The molecule has 0 aromatic carbocycles. The first kappa shape index (κ1) is 14.5. The van der Waals surface area contributed by atoms with E-state index < -0.39 is 0 Å². The Morgan fingerprint density at radius 2 is 2.33 bits per heavy atom. The summed E-state index contributed by atoms with van der Waals surface area (Å²) in [5, 5.41) is 16.6. The number of nitrogens with zero attached hydrogens (tertiary/aromatic N) is 3. The van der Waals surface area contributed by atoms with Gasteiger partial charge in [0.15, 0.2) is 0 Å². The van der Waals surface area contributed by atoms with Crippen LogP contribution in [0.3, 0.4) is 0 Å². The summed E-state index contributed by atoms with van der Waals surface area (Å²) in [6.45, 7) is 6.69. The molecule has 0 saturated carbocycles. The van der Waals surface area contributed by atoms with E-state index in [4.69, 9.17) is 4.98 Å². The Balaban J connectivity index is 1.94. The number of hydrogen-bond acceptors (Lipinski definition) is 6. The molecule has 1 fully saturated rings. The van der Waals surface area contributed by atoms with Gasteiger partial charge in [0.05, 0.1) is 11.5 Å². The largest absolute Gasteiger partial charge is 0.391 e. The van der Waals surface area contributed by atoms with Crippen LogP contribution in [0.4, 0.5) is 11.8 Å². The zero-order chi connectivity index (χ0) is 14.8. The molecule has 21 heavy (non-hydrogen) atoms. The predicted molar refractivity (Wildman–Crippen MR) is 88.2 cm³/mol.